The summed E-state index contributed by atoms with van der Waals surface area (Å²) < 4.78 is 14.8. The molecule has 3 saturated heterocycles. The molecular weight excluding hydrogens is 1470 g/mol. The molecule has 0 atom stereocenters. The van der Waals surface area contributed by atoms with Crippen LogP contribution in [0.3, 0.4) is 0 Å². The van der Waals surface area contributed by atoms with Crippen molar-refractivity contribution in [3.05, 3.63) is 271 Å². The van der Waals surface area contributed by atoms with Crippen molar-refractivity contribution in [1.29, 1.82) is 0 Å². The van der Waals surface area contributed by atoms with Gasteiger partial charge in [-0.1, -0.05) is 113 Å². The Morgan fingerprint density at radius 2 is 0.427 bits per heavy atom. The van der Waals surface area contributed by atoms with E-state index in [1.807, 2.05) is 0 Å². The van der Waals surface area contributed by atoms with Crippen LogP contribution in [0.25, 0.3) is 0 Å². The van der Waals surface area contributed by atoms with Crippen LogP contribution in [-0.4, -0.2) is 90.0 Å². The third kappa shape index (κ3) is 70.9. The van der Waals surface area contributed by atoms with Crippen molar-refractivity contribution in [2.75, 3.05) is 39.6 Å². The molecule has 96 heavy (non-hydrogen) atoms. The van der Waals surface area contributed by atoms with Gasteiger partial charge in [0.25, 0.3) is 0 Å². The molecule has 12 heterocycles. The summed E-state index contributed by atoms with van der Waals surface area (Å²) in [6.07, 6.45) is 23.2. The van der Waals surface area contributed by atoms with Crippen LogP contribution in [0, 0.1) is 6.20 Å². The molecule has 0 amide bonds. The van der Waals surface area contributed by atoms with Crippen LogP contribution in [-0.2, 0) is 140 Å². The van der Waals surface area contributed by atoms with Crippen LogP contribution >= 0.6 is 0 Å². The van der Waals surface area contributed by atoms with Gasteiger partial charge in [-0.3, -0.25) is 39.9 Å². The Morgan fingerprint density at radius 1 is 0.271 bits per heavy atom. The predicted molar refractivity (Wildman–Crippen MR) is 312 cm³/mol. The molecule has 9 aromatic heterocycles. The van der Waals surface area contributed by atoms with Crippen LogP contribution < -0.4 is 147 Å². The number of nitrogens with zero attached hydrogens (tertiary/aromatic N) is 9. The Morgan fingerprint density at radius 3 is 0.500 bits per heavy atom. The molecule has 515 valence electrons. The number of aromatic nitrogens is 9. The van der Waals surface area contributed by atoms with Crippen molar-refractivity contribution in [2.45, 2.75) is 98.0 Å². The van der Waals surface area contributed by atoms with Gasteiger partial charge >= 0.3 is 155 Å². The van der Waals surface area contributed by atoms with E-state index >= 15 is 0 Å². The Bertz CT molecular complexity index is 2190. The van der Waals surface area contributed by atoms with Gasteiger partial charge in [0.05, 0.1) is 0 Å². The van der Waals surface area contributed by atoms with Gasteiger partial charge in [-0.05, 0) is 136 Å². The molecule has 30 heteroatoms. The van der Waals surface area contributed by atoms with Gasteiger partial charge < -0.3 is 83.0 Å². The molecular formula is C66H78ClN9Na3Ni4O13. The molecule has 0 unspecified atom stereocenters. The first-order valence-corrected chi connectivity index (χ1v) is 27.9. The summed E-state index contributed by atoms with van der Waals surface area (Å²) in [5.41, 5.74) is 5.38. The van der Waals surface area contributed by atoms with Gasteiger partial charge in [0.1, 0.15) is 0 Å². The summed E-state index contributed by atoms with van der Waals surface area (Å²) >= 11 is 0. The molecule has 3 fully saturated rings. The topological polar surface area (TPSA) is 381 Å². The molecule has 3 aliphatic rings. The summed E-state index contributed by atoms with van der Waals surface area (Å²) in [6, 6.07) is 47.6. The van der Waals surface area contributed by atoms with Crippen molar-refractivity contribution in [1.82, 2.24) is 44.9 Å². The average molecular weight is 1540 g/mol. The number of halogens is 1. The Hall–Kier alpha value is -2.91. The fraction of sp³-hybridized carbons (Fsp3) is 0.318. The number of hydrogen-bond acceptors (Lipinski definition) is 22. The maximum Gasteiger partial charge on any atom is 3.00 e. The summed E-state index contributed by atoms with van der Waals surface area (Å²) in [6.45, 7) is 3.98. The summed E-state index contributed by atoms with van der Waals surface area (Å²) in [4.78, 5) is 33.9. The minimum Gasteiger partial charge on any atom is -1.00 e. The molecule has 0 bridgehead atoms. The van der Waals surface area contributed by atoms with E-state index in [0.717, 1.165) is 39.6 Å². The molecule has 0 aliphatic carbocycles. The van der Waals surface area contributed by atoms with E-state index in [4.69, 9.17) is 14.2 Å². The van der Waals surface area contributed by atoms with Crippen LogP contribution in [0.15, 0.2) is 213 Å². The number of hydrogen-bond donors (Lipinski definition) is 0. The standard InChI is InChI=1S/8C6H6NO.C6H5NO.3C4H8O.ClH.3Na.4Ni.H2O/c9*8-5-6-3-1-2-4-7-6;3*1-2-4-5-3-1;;;;;;;;;/h8*1-4H,5H2;1-3H,5H2;3*1-4H2;1H;;;;;;;;1H2/q8*-1;-2;;;;;3*+1;3*+2;+3;/p-2. The van der Waals surface area contributed by atoms with E-state index < -0.39 is 0 Å². The Labute approximate surface area is 678 Å². The smallest absolute Gasteiger partial charge is 1.00 e. The maximum atomic E-state index is 10.1. The Balaban J connectivity index is -0.000000122. The van der Waals surface area contributed by atoms with Crippen LogP contribution in [0.5, 0.6) is 0 Å². The van der Waals surface area contributed by atoms with Crippen LogP contribution in [0.4, 0.5) is 0 Å². The van der Waals surface area contributed by atoms with Crippen molar-refractivity contribution in [3.8, 4) is 0 Å². The minimum absolute atomic E-state index is 0. The van der Waals surface area contributed by atoms with E-state index in [-0.39, 0.29) is 232 Å². The van der Waals surface area contributed by atoms with Gasteiger partial charge in [0.15, 0.2) is 0 Å². The molecule has 0 aromatic carbocycles. The zero-order chi connectivity index (χ0) is 63.0. The SMILES string of the molecule is C1CCOC1.C1CCOC1.C1CCOC1.[Cl-].[Na+].[Na+].[Na+].[Ni+2].[Ni+2].[Ni+2].[Ni+3].[O-]Cc1ccc[c-]n1.[O-]Cc1ccccn1.[O-]Cc1ccccn1.[O-]Cc1ccccn1.[O-]Cc1ccccn1.[O-]Cc1ccccn1.[O-]Cc1ccccn1.[O-]Cc1ccccn1.[O-]Cc1ccccn1.[OH-]. The predicted octanol–water partition coefficient (Wildman–Crippen LogP) is -10.5. The second-order valence-electron chi connectivity index (χ2n) is 17.1. The molecule has 9 aromatic rings. The average Bonchev–Trinajstić information content (AvgIpc) is 4.67. The van der Waals surface area contributed by atoms with Crippen molar-refractivity contribution < 1.29 is 233 Å². The van der Waals surface area contributed by atoms with Crippen molar-refractivity contribution >= 4 is 0 Å². The third-order valence-electron chi connectivity index (χ3n) is 10.3. The molecule has 22 nitrogen and oxygen atoms in total. The van der Waals surface area contributed by atoms with E-state index in [1.165, 1.54) is 38.5 Å². The first-order chi connectivity index (χ1) is 42.9. The van der Waals surface area contributed by atoms with Crippen LogP contribution in [0.1, 0.15) is 89.8 Å². The first-order valence-electron chi connectivity index (χ1n) is 27.9. The minimum atomic E-state index is -0.253. The van der Waals surface area contributed by atoms with Gasteiger partial charge in [-0.25, -0.2) is 0 Å². The quantitative estimate of drug-likeness (QED) is 0.0956. The normalized spacial score (nSPS) is 10.6. The fourth-order valence-corrected chi connectivity index (χ4v) is 5.84. The van der Waals surface area contributed by atoms with Crippen LogP contribution in [0.2, 0.25) is 0 Å². The van der Waals surface area contributed by atoms with Gasteiger partial charge in [-0.2, -0.15) is 18.2 Å². The first kappa shape index (κ1) is 112. The van der Waals surface area contributed by atoms with E-state index in [9.17, 15) is 46.0 Å². The zero-order valence-electron chi connectivity index (χ0n) is 54.1. The number of ether oxygens (including phenoxy) is 3. The van der Waals surface area contributed by atoms with Gasteiger partial charge in [-0.15, -0.1) is 6.61 Å². The summed E-state index contributed by atoms with van der Waals surface area (Å²) in [5.74, 6) is 0. The zero-order valence-corrected chi connectivity index (χ0v) is 64.8. The van der Waals surface area contributed by atoms with E-state index in [0.29, 0.717) is 51.2 Å². The fourth-order valence-electron chi connectivity index (χ4n) is 5.84. The van der Waals surface area contributed by atoms with Gasteiger partial charge in [0.2, 0.25) is 0 Å². The second kappa shape index (κ2) is 88.2. The second-order valence-corrected chi connectivity index (χ2v) is 17.1. The number of pyridine rings is 9. The molecule has 1 N–H and O–H groups in total. The van der Waals surface area contributed by atoms with E-state index in [1.54, 1.807) is 213 Å². The van der Waals surface area contributed by atoms with Gasteiger partial charge in [0, 0.05) is 135 Å². The molecule has 1 radical (unpaired) electrons. The summed E-state index contributed by atoms with van der Waals surface area (Å²) in [7, 11) is 0. The molecule has 12 rings (SSSR count). The van der Waals surface area contributed by atoms with Crippen molar-refractivity contribution in [3.63, 3.8) is 0 Å². The maximum absolute atomic E-state index is 10.1. The monoisotopic (exact) mass is 1540 g/mol. The largest absolute Gasteiger partial charge is 3.00 e. The van der Waals surface area contributed by atoms with Crippen molar-refractivity contribution in [2.24, 2.45) is 0 Å². The third-order valence-corrected chi connectivity index (χ3v) is 10.3. The Kier molecular flexibility index (Phi) is 103. The summed E-state index contributed by atoms with van der Waals surface area (Å²) in [5, 5.41) is 90.6. The molecule has 3 aliphatic heterocycles. The number of rotatable bonds is 9. The molecule has 0 saturated carbocycles. The molecule has 0 spiro atoms. The van der Waals surface area contributed by atoms with E-state index in [2.05, 4.69) is 51.1 Å².